The van der Waals surface area contributed by atoms with Crippen LogP contribution in [0.5, 0.6) is 0 Å². The Morgan fingerprint density at radius 1 is 0.894 bits per heavy atom. The van der Waals surface area contributed by atoms with Gasteiger partial charge in [-0.25, -0.2) is 9.64 Å². The minimum atomic E-state index is -0.475. The van der Waals surface area contributed by atoms with Crippen LogP contribution in [0.15, 0.2) is 42.5 Å². The Bertz CT molecular complexity index is 1480. The number of hydrogen-bond donors (Lipinski definition) is 0. The van der Waals surface area contributed by atoms with Gasteiger partial charge in [-0.15, -0.1) is 0 Å². The predicted octanol–water partition coefficient (Wildman–Crippen LogP) is 6.93. The molecule has 1 unspecified atom stereocenters. The maximum atomic E-state index is 13.4. The fraction of sp³-hybridized carbons (Fsp3) is 0.595. The highest BCUT2D eigenvalue weighted by Gasteiger charge is 2.44. The SMILES string of the molecule is [C-]#[N+]c1ccc(N2CC3(CCN(c4ccc(C(=O)N5CCN(C6CCN(C(=O)OC(C)(C)C)CC6)CC5)cc4)CC3)CC2C)cc1Cl. The number of piperazine rings is 1. The van der Waals surface area contributed by atoms with Gasteiger partial charge in [-0.1, -0.05) is 17.7 Å². The number of carbonyl (C=O) groups excluding carboxylic acids is 2. The van der Waals surface area contributed by atoms with E-state index in [9.17, 15) is 9.59 Å². The first-order valence-electron chi connectivity index (χ1n) is 17.2. The Morgan fingerprint density at radius 2 is 1.53 bits per heavy atom. The Morgan fingerprint density at radius 3 is 2.13 bits per heavy atom. The van der Waals surface area contributed by atoms with E-state index in [-0.39, 0.29) is 17.4 Å². The molecule has 10 heteroatoms. The van der Waals surface area contributed by atoms with Crippen molar-refractivity contribution in [2.75, 3.05) is 68.7 Å². The van der Waals surface area contributed by atoms with Crippen LogP contribution in [0.4, 0.5) is 21.9 Å². The van der Waals surface area contributed by atoms with Crippen LogP contribution in [-0.4, -0.2) is 103 Å². The Balaban J connectivity index is 0.962. The lowest BCUT2D eigenvalue weighted by Gasteiger charge is -2.42. The van der Waals surface area contributed by atoms with Gasteiger partial charge in [0.2, 0.25) is 5.69 Å². The van der Waals surface area contributed by atoms with Crippen molar-refractivity contribution in [2.45, 2.75) is 77.5 Å². The summed E-state index contributed by atoms with van der Waals surface area (Å²) in [4.78, 5) is 40.6. The summed E-state index contributed by atoms with van der Waals surface area (Å²) in [5.41, 5.74) is 3.36. The number of nitrogens with zero attached hydrogens (tertiary/aromatic N) is 6. The fourth-order valence-corrected chi connectivity index (χ4v) is 8.28. The average Bonchev–Trinajstić information content (AvgIpc) is 3.39. The van der Waals surface area contributed by atoms with Crippen LogP contribution in [0, 0.1) is 12.0 Å². The highest BCUT2D eigenvalue weighted by atomic mass is 35.5. The molecule has 0 radical (unpaired) electrons. The van der Waals surface area contributed by atoms with Crippen LogP contribution < -0.4 is 9.80 Å². The molecule has 2 amide bonds. The third-order valence-electron chi connectivity index (χ3n) is 10.7. The molecular weight excluding hydrogens is 612 g/mol. The second kappa shape index (κ2) is 13.6. The maximum Gasteiger partial charge on any atom is 0.410 e. The number of anilines is 2. The molecule has 0 N–H and O–H groups in total. The van der Waals surface area contributed by atoms with E-state index in [0.717, 1.165) is 102 Å². The normalized spacial score (nSPS) is 22.4. The zero-order valence-corrected chi connectivity index (χ0v) is 29.1. The van der Waals surface area contributed by atoms with Gasteiger partial charge in [0.05, 0.1) is 6.57 Å². The molecule has 1 spiro atoms. The fourth-order valence-electron chi connectivity index (χ4n) is 8.06. The molecule has 4 fully saturated rings. The topological polar surface area (TPSA) is 63.9 Å². The molecule has 0 aromatic heterocycles. The molecule has 0 bridgehead atoms. The van der Waals surface area contributed by atoms with Crippen LogP contribution in [-0.2, 0) is 4.74 Å². The van der Waals surface area contributed by atoms with E-state index in [1.54, 1.807) is 0 Å². The van der Waals surface area contributed by atoms with Crippen molar-refractivity contribution < 1.29 is 14.3 Å². The summed E-state index contributed by atoms with van der Waals surface area (Å²) in [5, 5.41) is 0.527. The predicted molar refractivity (Wildman–Crippen MR) is 188 cm³/mol. The van der Waals surface area contributed by atoms with E-state index in [4.69, 9.17) is 22.9 Å². The average molecular weight is 661 g/mol. The first-order valence-corrected chi connectivity index (χ1v) is 17.6. The number of benzene rings is 2. The largest absolute Gasteiger partial charge is 0.444 e. The van der Waals surface area contributed by atoms with E-state index in [1.807, 2.05) is 60.9 Å². The highest BCUT2D eigenvalue weighted by molar-refractivity contribution is 6.33. The third kappa shape index (κ3) is 7.49. The Kier molecular flexibility index (Phi) is 9.64. The lowest BCUT2D eigenvalue weighted by molar-refractivity contribution is 0.00984. The summed E-state index contributed by atoms with van der Waals surface area (Å²) in [7, 11) is 0. The summed E-state index contributed by atoms with van der Waals surface area (Å²) < 4.78 is 5.55. The number of likely N-dealkylation sites (tertiary alicyclic amines) is 1. The van der Waals surface area contributed by atoms with Crippen molar-refractivity contribution >= 4 is 40.7 Å². The highest BCUT2D eigenvalue weighted by Crippen LogP contribution is 2.46. The summed E-state index contributed by atoms with van der Waals surface area (Å²) in [5.74, 6) is 0.109. The van der Waals surface area contributed by atoms with Crippen molar-refractivity contribution in [3.05, 3.63) is 64.5 Å². The molecular formula is C37H49ClN6O3. The zero-order valence-electron chi connectivity index (χ0n) is 28.4. The molecule has 9 nitrogen and oxygen atoms in total. The molecule has 2 aromatic rings. The number of carbonyl (C=O) groups is 2. The van der Waals surface area contributed by atoms with Crippen molar-refractivity contribution in [1.29, 1.82) is 0 Å². The van der Waals surface area contributed by atoms with E-state index < -0.39 is 5.60 Å². The zero-order chi connectivity index (χ0) is 33.3. The third-order valence-corrected chi connectivity index (χ3v) is 11.0. The second-order valence-electron chi connectivity index (χ2n) is 15.0. The van der Waals surface area contributed by atoms with Crippen LogP contribution >= 0.6 is 11.6 Å². The minimum absolute atomic E-state index is 0.109. The van der Waals surface area contributed by atoms with Crippen molar-refractivity contribution in [2.24, 2.45) is 5.41 Å². The maximum absolute atomic E-state index is 13.4. The lowest BCUT2D eigenvalue weighted by Crippen LogP contribution is -2.55. The summed E-state index contributed by atoms with van der Waals surface area (Å²) >= 11 is 6.37. The first-order chi connectivity index (χ1) is 22.4. The number of halogens is 1. The molecule has 4 saturated heterocycles. The van der Waals surface area contributed by atoms with Gasteiger partial charge >= 0.3 is 6.09 Å². The molecule has 47 heavy (non-hydrogen) atoms. The van der Waals surface area contributed by atoms with Crippen molar-refractivity contribution in [1.82, 2.24) is 14.7 Å². The number of rotatable bonds is 4. The Labute approximate surface area is 285 Å². The van der Waals surface area contributed by atoms with Gasteiger partial charge in [-0.2, -0.15) is 0 Å². The van der Waals surface area contributed by atoms with Crippen LogP contribution in [0.3, 0.4) is 0 Å². The van der Waals surface area contributed by atoms with Gasteiger partial charge < -0.3 is 24.3 Å². The monoisotopic (exact) mass is 660 g/mol. The van der Waals surface area contributed by atoms with Gasteiger partial charge in [-0.05, 0) is 102 Å². The van der Waals surface area contributed by atoms with E-state index >= 15 is 0 Å². The summed E-state index contributed by atoms with van der Waals surface area (Å²) in [6, 6.07) is 14.9. The lowest BCUT2D eigenvalue weighted by atomic mass is 9.76. The molecule has 1 atom stereocenters. The molecule has 0 aliphatic carbocycles. The molecule has 252 valence electrons. The molecule has 2 aromatic carbocycles. The molecule has 4 aliphatic rings. The van der Waals surface area contributed by atoms with Gasteiger partial charge in [-0.3, -0.25) is 9.69 Å². The van der Waals surface area contributed by atoms with Crippen LogP contribution in [0.1, 0.15) is 70.2 Å². The van der Waals surface area contributed by atoms with Gasteiger partial charge in [0.15, 0.2) is 0 Å². The summed E-state index contributed by atoms with van der Waals surface area (Å²) in [6.45, 7) is 22.9. The number of ether oxygens (including phenoxy) is 1. The number of amides is 2. The molecule has 4 aliphatic heterocycles. The van der Waals surface area contributed by atoms with Crippen molar-refractivity contribution in [3.8, 4) is 0 Å². The molecule has 0 saturated carbocycles. The van der Waals surface area contributed by atoms with Gasteiger partial charge in [0, 0.05) is 92.9 Å². The van der Waals surface area contributed by atoms with Crippen LogP contribution in [0.25, 0.3) is 4.85 Å². The van der Waals surface area contributed by atoms with Crippen molar-refractivity contribution in [3.63, 3.8) is 0 Å². The second-order valence-corrected chi connectivity index (χ2v) is 15.4. The number of piperidine rings is 2. The quantitative estimate of drug-likeness (QED) is 0.332. The van der Waals surface area contributed by atoms with E-state index in [0.29, 0.717) is 22.8 Å². The standard InChI is InChI=1S/C37H49ClN6O3/c1-27-25-37(26-44(27)31-10-11-33(39-5)32(38)24-31)14-18-40(19-15-37)29-8-6-28(7-9-29)34(45)42-22-20-41(21-23-42)30-12-16-43(17-13-30)35(46)47-36(2,3)4/h6-11,24,27,30H,12-23,25-26H2,1-4H3. The number of hydrogen-bond acceptors (Lipinski definition) is 6. The van der Waals surface area contributed by atoms with Crippen LogP contribution in [0.2, 0.25) is 5.02 Å². The van der Waals surface area contributed by atoms with E-state index in [1.165, 1.54) is 5.69 Å². The van der Waals surface area contributed by atoms with Gasteiger partial charge in [0.25, 0.3) is 5.91 Å². The first kappa shape index (κ1) is 33.4. The Hall–Kier alpha value is -3.48. The summed E-state index contributed by atoms with van der Waals surface area (Å²) in [6.07, 6.45) is 5.09. The van der Waals surface area contributed by atoms with Gasteiger partial charge in [0.1, 0.15) is 5.60 Å². The minimum Gasteiger partial charge on any atom is -0.444 e. The molecule has 4 heterocycles. The van der Waals surface area contributed by atoms with E-state index in [2.05, 4.69) is 38.6 Å². The smallest absolute Gasteiger partial charge is 0.410 e. The molecule has 6 rings (SSSR count).